The third-order valence-corrected chi connectivity index (χ3v) is 8.19. The summed E-state index contributed by atoms with van der Waals surface area (Å²) < 4.78 is 33.8. The molecule has 2 aliphatic heterocycles. The molecule has 2 aliphatic rings. The Balaban J connectivity index is 1.20. The van der Waals surface area contributed by atoms with E-state index in [0.29, 0.717) is 74.1 Å². The van der Waals surface area contributed by atoms with Crippen molar-refractivity contribution in [1.29, 1.82) is 0 Å². The quantitative estimate of drug-likeness (QED) is 0.366. The first-order valence-electron chi connectivity index (χ1n) is 14.2. The summed E-state index contributed by atoms with van der Waals surface area (Å²) in [4.78, 5) is 29.0. The first-order chi connectivity index (χ1) is 19.1. The summed E-state index contributed by atoms with van der Waals surface area (Å²) in [6.45, 7) is 9.03. The van der Waals surface area contributed by atoms with Crippen molar-refractivity contribution in [3.63, 3.8) is 0 Å². The zero-order chi connectivity index (χ0) is 28.8. The summed E-state index contributed by atoms with van der Waals surface area (Å²) in [5, 5.41) is 0. The van der Waals surface area contributed by atoms with E-state index >= 15 is 0 Å². The lowest BCUT2D eigenvalue weighted by Gasteiger charge is -2.37. The highest BCUT2D eigenvalue weighted by atomic mass is 19.1. The van der Waals surface area contributed by atoms with Gasteiger partial charge in [0, 0.05) is 44.1 Å². The molecule has 0 radical (unpaired) electrons. The van der Waals surface area contributed by atoms with E-state index in [1.807, 2.05) is 18.7 Å². The van der Waals surface area contributed by atoms with Gasteiger partial charge in [0.1, 0.15) is 17.5 Å². The van der Waals surface area contributed by atoms with E-state index in [1.54, 1.807) is 17.3 Å². The normalized spacial score (nSPS) is 21.5. The zero-order valence-electron chi connectivity index (χ0n) is 23.6. The highest BCUT2D eigenvalue weighted by molar-refractivity contribution is 5.93. The molecule has 0 bridgehead atoms. The molecule has 9 nitrogen and oxygen atoms in total. The van der Waals surface area contributed by atoms with Gasteiger partial charge in [-0.2, -0.15) is 4.99 Å². The fourth-order valence-corrected chi connectivity index (χ4v) is 5.46. The van der Waals surface area contributed by atoms with Gasteiger partial charge in [0.15, 0.2) is 5.75 Å². The van der Waals surface area contributed by atoms with Crippen LogP contribution in [0.5, 0.6) is 5.75 Å². The van der Waals surface area contributed by atoms with E-state index in [4.69, 9.17) is 16.2 Å². The molecular formula is C29H41F2N7O2. The average Bonchev–Trinajstić information content (AvgIpc) is 2.94. The Hall–Kier alpha value is -3.34. The number of carbonyl (C=O) groups is 1. The van der Waals surface area contributed by atoms with Gasteiger partial charge in [0.25, 0.3) is 0 Å². The van der Waals surface area contributed by atoms with Crippen LogP contribution in [0.25, 0.3) is 0 Å². The monoisotopic (exact) mass is 557 g/mol. The standard InChI is InChI=1S/C29H41F2N7O2/c1-18(2)27(33)36-29(39)37-10-6-20(7-11-37)19(3)9-13-40-22-15-34-28(35-16-22)38-12-8-23(26(32)17-38)24-14-21(30)4-5-25(24)31/h4-5,14-16,18-20,23,26H,6-13,17,32H2,1-3H3,(H2,33,36,39). The van der Waals surface area contributed by atoms with Gasteiger partial charge < -0.3 is 26.0 Å². The number of urea groups is 1. The van der Waals surface area contributed by atoms with Crippen molar-refractivity contribution in [3.8, 4) is 5.75 Å². The lowest BCUT2D eigenvalue weighted by atomic mass is 9.84. The van der Waals surface area contributed by atoms with Crippen molar-refractivity contribution in [1.82, 2.24) is 14.9 Å². The van der Waals surface area contributed by atoms with Crippen LogP contribution in [0.4, 0.5) is 19.5 Å². The van der Waals surface area contributed by atoms with Gasteiger partial charge in [-0.05, 0) is 61.3 Å². The largest absolute Gasteiger partial charge is 0.490 e. The smallest absolute Gasteiger partial charge is 0.345 e. The highest BCUT2D eigenvalue weighted by Crippen LogP contribution is 2.31. The third kappa shape index (κ3) is 7.44. The van der Waals surface area contributed by atoms with Gasteiger partial charge in [-0.1, -0.05) is 20.8 Å². The number of rotatable bonds is 8. The molecule has 2 saturated heterocycles. The molecule has 2 fully saturated rings. The Labute approximate surface area is 235 Å². The van der Waals surface area contributed by atoms with Crippen molar-refractivity contribution in [2.45, 2.75) is 58.4 Å². The second-order valence-corrected chi connectivity index (χ2v) is 11.3. The van der Waals surface area contributed by atoms with Gasteiger partial charge in [-0.15, -0.1) is 0 Å². The predicted molar refractivity (Wildman–Crippen MR) is 151 cm³/mol. The van der Waals surface area contributed by atoms with Gasteiger partial charge in [0.05, 0.1) is 19.0 Å². The molecule has 3 unspecified atom stereocenters. The van der Waals surface area contributed by atoms with E-state index in [-0.39, 0.29) is 23.9 Å². The van der Waals surface area contributed by atoms with Crippen LogP contribution >= 0.6 is 0 Å². The van der Waals surface area contributed by atoms with Crippen molar-refractivity contribution < 1.29 is 18.3 Å². The number of nitrogens with two attached hydrogens (primary N) is 2. The second kappa shape index (κ2) is 13.3. The Morgan fingerprint density at radius 2 is 1.82 bits per heavy atom. The Bertz CT molecular complexity index is 1170. The fraction of sp³-hybridized carbons (Fsp3) is 0.586. The number of amides is 2. The Kier molecular flexibility index (Phi) is 9.89. The van der Waals surface area contributed by atoms with Crippen LogP contribution in [0.3, 0.4) is 0 Å². The lowest BCUT2D eigenvalue weighted by Crippen LogP contribution is -2.48. The second-order valence-electron chi connectivity index (χ2n) is 11.3. The van der Waals surface area contributed by atoms with Crippen molar-refractivity contribution >= 4 is 17.8 Å². The molecule has 4 N–H and O–H groups in total. The van der Waals surface area contributed by atoms with Gasteiger partial charge >= 0.3 is 6.03 Å². The van der Waals surface area contributed by atoms with Crippen LogP contribution in [0.2, 0.25) is 0 Å². The molecule has 40 heavy (non-hydrogen) atoms. The van der Waals surface area contributed by atoms with E-state index in [9.17, 15) is 13.6 Å². The highest BCUT2D eigenvalue weighted by Gasteiger charge is 2.31. The summed E-state index contributed by atoms with van der Waals surface area (Å²) in [5.74, 6) is 1.38. The van der Waals surface area contributed by atoms with Crippen LogP contribution in [0.1, 0.15) is 57.9 Å². The summed E-state index contributed by atoms with van der Waals surface area (Å²) in [5.41, 5.74) is 12.5. The molecule has 2 aromatic rings. The number of aromatic nitrogens is 2. The summed E-state index contributed by atoms with van der Waals surface area (Å²) in [6, 6.07) is 2.90. The van der Waals surface area contributed by atoms with E-state index < -0.39 is 11.6 Å². The maximum atomic E-state index is 14.3. The summed E-state index contributed by atoms with van der Waals surface area (Å²) in [6.07, 6.45) is 6.65. The average molecular weight is 558 g/mol. The maximum Gasteiger partial charge on any atom is 0.345 e. The number of hydrogen-bond donors (Lipinski definition) is 2. The lowest BCUT2D eigenvalue weighted by molar-refractivity contribution is 0.149. The number of nitrogens with zero attached hydrogens (tertiary/aromatic N) is 5. The molecule has 0 saturated carbocycles. The first-order valence-corrected chi connectivity index (χ1v) is 14.2. The minimum absolute atomic E-state index is 0.0548. The number of anilines is 1. The molecule has 3 atom stereocenters. The number of ether oxygens (including phenoxy) is 1. The van der Waals surface area contributed by atoms with Gasteiger partial charge in [-0.3, -0.25) is 0 Å². The zero-order valence-corrected chi connectivity index (χ0v) is 23.6. The van der Waals surface area contributed by atoms with E-state index in [1.165, 1.54) is 6.07 Å². The van der Waals surface area contributed by atoms with E-state index in [2.05, 4.69) is 21.9 Å². The molecule has 218 valence electrons. The summed E-state index contributed by atoms with van der Waals surface area (Å²) in [7, 11) is 0. The van der Waals surface area contributed by atoms with Gasteiger partial charge in [-0.25, -0.2) is 23.5 Å². The number of piperidine rings is 2. The molecular weight excluding hydrogens is 516 g/mol. The third-order valence-electron chi connectivity index (χ3n) is 8.19. The number of hydrogen-bond acceptors (Lipinski definition) is 6. The molecule has 0 aliphatic carbocycles. The van der Waals surface area contributed by atoms with Crippen LogP contribution in [0, 0.1) is 29.4 Å². The SMILES string of the molecule is CC(C)C(N)=NC(=O)N1CCC(C(C)CCOc2cnc(N3CCC(c4cc(F)ccc4F)C(N)C3)nc2)CC1. The minimum Gasteiger partial charge on any atom is -0.490 e. The molecule has 3 heterocycles. The first kappa shape index (κ1) is 29.6. The van der Waals surface area contributed by atoms with Crippen LogP contribution < -0.4 is 21.1 Å². The number of halogens is 2. The number of amidine groups is 1. The number of benzene rings is 1. The van der Waals surface area contributed by atoms with Crippen molar-refractivity contribution in [2.75, 3.05) is 37.7 Å². The molecule has 0 spiro atoms. The van der Waals surface area contributed by atoms with Gasteiger partial charge in [0.2, 0.25) is 5.95 Å². The predicted octanol–water partition coefficient (Wildman–Crippen LogP) is 4.33. The molecule has 1 aromatic carbocycles. The molecule has 1 aromatic heterocycles. The molecule has 11 heteroatoms. The Morgan fingerprint density at radius 1 is 1.12 bits per heavy atom. The minimum atomic E-state index is -0.463. The van der Waals surface area contributed by atoms with Crippen molar-refractivity contribution in [3.05, 3.63) is 47.8 Å². The van der Waals surface area contributed by atoms with E-state index in [0.717, 1.165) is 31.4 Å². The number of carbonyl (C=O) groups excluding carboxylic acids is 1. The topological polar surface area (TPSA) is 123 Å². The maximum absolute atomic E-state index is 14.3. The van der Waals surface area contributed by atoms with Crippen LogP contribution in [-0.2, 0) is 0 Å². The molecule has 2 amide bonds. The number of likely N-dealkylation sites (tertiary alicyclic amines) is 1. The Morgan fingerprint density at radius 3 is 2.48 bits per heavy atom. The van der Waals surface area contributed by atoms with Crippen LogP contribution in [0.15, 0.2) is 35.6 Å². The fourth-order valence-electron chi connectivity index (χ4n) is 5.46. The number of aliphatic imine (C=N–C) groups is 1. The van der Waals surface area contributed by atoms with Crippen molar-refractivity contribution in [2.24, 2.45) is 34.2 Å². The molecule has 4 rings (SSSR count). The van der Waals surface area contributed by atoms with Crippen LogP contribution in [-0.4, -0.2) is 65.6 Å². The summed E-state index contributed by atoms with van der Waals surface area (Å²) >= 11 is 0.